The molecule has 110 valence electrons. The molecule has 0 aliphatic heterocycles. The van der Waals surface area contributed by atoms with Crippen LogP contribution in [0.3, 0.4) is 0 Å². The van der Waals surface area contributed by atoms with Crippen molar-refractivity contribution in [3.8, 4) is 0 Å². The summed E-state index contributed by atoms with van der Waals surface area (Å²) in [6.07, 6.45) is 1.97. The number of benzene rings is 2. The SMILES string of the molecule is CNC1c2ccccc2CCC1S(=O)c1ccc(C)cc1. The molecule has 0 heterocycles. The van der Waals surface area contributed by atoms with E-state index in [1.807, 2.05) is 31.3 Å². The smallest absolute Gasteiger partial charge is 0.0592 e. The topological polar surface area (TPSA) is 29.1 Å². The van der Waals surface area contributed by atoms with Gasteiger partial charge in [0.05, 0.1) is 16.0 Å². The highest BCUT2D eigenvalue weighted by Gasteiger charge is 2.32. The van der Waals surface area contributed by atoms with E-state index >= 15 is 0 Å². The lowest BCUT2D eigenvalue weighted by Crippen LogP contribution is -2.36. The van der Waals surface area contributed by atoms with Crippen molar-refractivity contribution in [2.75, 3.05) is 7.05 Å². The quantitative estimate of drug-likeness (QED) is 0.941. The Kier molecular flexibility index (Phi) is 4.22. The summed E-state index contributed by atoms with van der Waals surface area (Å²) < 4.78 is 13.0. The summed E-state index contributed by atoms with van der Waals surface area (Å²) >= 11 is 0. The molecule has 1 N–H and O–H groups in total. The minimum atomic E-state index is -0.978. The third kappa shape index (κ3) is 2.81. The summed E-state index contributed by atoms with van der Waals surface area (Å²) in [5, 5.41) is 3.51. The molecule has 3 unspecified atom stereocenters. The first-order chi connectivity index (χ1) is 10.2. The van der Waals surface area contributed by atoms with Crippen molar-refractivity contribution in [3.63, 3.8) is 0 Å². The van der Waals surface area contributed by atoms with E-state index in [2.05, 4.69) is 36.5 Å². The second-order valence-electron chi connectivity index (χ2n) is 5.65. The largest absolute Gasteiger partial charge is 0.312 e. The zero-order valence-corrected chi connectivity index (χ0v) is 13.3. The van der Waals surface area contributed by atoms with Crippen molar-refractivity contribution in [2.45, 2.75) is 36.0 Å². The third-order valence-corrected chi connectivity index (χ3v) is 6.09. The van der Waals surface area contributed by atoms with E-state index in [9.17, 15) is 4.21 Å². The highest BCUT2D eigenvalue weighted by Crippen LogP contribution is 2.34. The van der Waals surface area contributed by atoms with Gasteiger partial charge in [-0.1, -0.05) is 42.0 Å². The predicted octanol–water partition coefficient (Wildman–Crippen LogP) is 3.38. The number of aryl methyl sites for hydroxylation is 2. The first-order valence-electron chi connectivity index (χ1n) is 7.43. The highest BCUT2D eigenvalue weighted by molar-refractivity contribution is 7.85. The molecule has 0 saturated heterocycles. The van der Waals surface area contributed by atoms with Gasteiger partial charge in [0.1, 0.15) is 0 Å². The molecule has 3 heteroatoms. The van der Waals surface area contributed by atoms with E-state index in [0.717, 1.165) is 17.7 Å². The fourth-order valence-electron chi connectivity index (χ4n) is 3.15. The first-order valence-corrected chi connectivity index (χ1v) is 8.64. The molecule has 0 spiro atoms. The van der Waals surface area contributed by atoms with Crippen LogP contribution in [0.2, 0.25) is 0 Å². The summed E-state index contributed by atoms with van der Waals surface area (Å²) in [5.41, 5.74) is 3.89. The van der Waals surface area contributed by atoms with Gasteiger partial charge in [-0.2, -0.15) is 0 Å². The number of rotatable bonds is 3. The Hall–Kier alpha value is -1.45. The molecule has 2 nitrogen and oxygen atoms in total. The van der Waals surface area contributed by atoms with E-state index in [4.69, 9.17) is 0 Å². The lowest BCUT2D eigenvalue weighted by molar-refractivity contribution is 0.497. The van der Waals surface area contributed by atoms with E-state index in [-0.39, 0.29) is 11.3 Å². The average Bonchev–Trinajstić information content (AvgIpc) is 2.53. The fourth-order valence-corrected chi connectivity index (χ4v) is 4.76. The number of nitrogens with one attached hydrogen (secondary N) is 1. The molecule has 0 saturated carbocycles. The summed E-state index contributed by atoms with van der Waals surface area (Å²) in [5.74, 6) is 0. The zero-order chi connectivity index (χ0) is 14.8. The van der Waals surface area contributed by atoms with Crippen molar-refractivity contribution in [1.29, 1.82) is 0 Å². The summed E-state index contributed by atoms with van der Waals surface area (Å²) in [4.78, 5) is 0.935. The van der Waals surface area contributed by atoms with Crippen LogP contribution in [0.25, 0.3) is 0 Å². The normalized spacial score (nSPS) is 22.6. The molecule has 0 radical (unpaired) electrons. The van der Waals surface area contributed by atoms with Crippen LogP contribution in [0.1, 0.15) is 29.2 Å². The minimum absolute atomic E-state index is 0.132. The van der Waals surface area contributed by atoms with Crippen molar-refractivity contribution >= 4 is 10.8 Å². The van der Waals surface area contributed by atoms with Gasteiger partial charge >= 0.3 is 0 Å². The Bertz CT molecular complexity index is 651. The van der Waals surface area contributed by atoms with Crippen LogP contribution in [0.15, 0.2) is 53.4 Å². The Morgan fingerprint density at radius 1 is 1.10 bits per heavy atom. The van der Waals surface area contributed by atoms with Gasteiger partial charge < -0.3 is 5.32 Å². The van der Waals surface area contributed by atoms with E-state index < -0.39 is 10.8 Å². The molecule has 3 rings (SSSR count). The summed E-state index contributed by atoms with van der Waals surface area (Å²) in [7, 11) is 0.987. The molecular weight excluding hydrogens is 278 g/mol. The van der Waals surface area contributed by atoms with Crippen LogP contribution in [0.4, 0.5) is 0 Å². The van der Waals surface area contributed by atoms with E-state index in [1.165, 1.54) is 16.7 Å². The van der Waals surface area contributed by atoms with Crippen LogP contribution in [-0.4, -0.2) is 16.5 Å². The molecular formula is C18H21NOS. The van der Waals surface area contributed by atoms with E-state index in [0.29, 0.717) is 0 Å². The molecule has 21 heavy (non-hydrogen) atoms. The molecule has 1 aliphatic carbocycles. The van der Waals surface area contributed by atoms with Gasteiger partial charge in [0.25, 0.3) is 0 Å². The van der Waals surface area contributed by atoms with Crippen molar-refractivity contribution < 1.29 is 4.21 Å². The van der Waals surface area contributed by atoms with Gasteiger partial charge in [-0.25, -0.2) is 0 Å². The van der Waals surface area contributed by atoms with Crippen molar-refractivity contribution in [1.82, 2.24) is 5.32 Å². The van der Waals surface area contributed by atoms with Gasteiger partial charge in [0.15, 0.2) is 0 Å². The number of hydrogen-bond donors (Lipinski definition) is 1. The van der Waals surface area contributed by atoms with E-state index in [1.54, 1.807) is 0 Å². The lowest BCUT2D eigenvalue weighted by atomic mass is 9.87. The first kappa shape index (κ1) is 14.5. The van der Waals surface area contributed by atoms with Gasteiger partial charge in [-0.05, 0) is 50.1 Å². The lowest BCUT2D eigenvalue weighted by Gasteiger charge is -2.32. The van der Waals surface area contributed by atoms with Gasteiger partial charge in [0.2, 0.25) is 0 Å². The maximum absolute atomic E-state index is 13.0. The van der Waals surface area contributed by atoms with Crippen LogP contribution in [-0.2, 0) is 17.2 Å². The fraction of sp³-hybridized carbons (Fsp3) is 0.333. The Morgan fingerprint density at radius 2 is 1.81 bits per heavy atom. The van der Waals surface area contributed by atoms with Crippen LogP contribution in [0.5, 0.6) is 0 Å². The minimum Gasteiger partial charge on any atom is -0.312 e. The highest BCUT2D eigenvalue weighted by atomic mass is 32.2. The summed E-state index contributed by atoms with van der Waals surface area (Å²) in [6.45, 7) is 2.06. The van der Waals surface area contributed by atoms with Crippen LogP contribution >= 0.6 is 0 Å². The molecule has 0 fully saturated rings. The summed E-state index contributed by atoms with van der Waals surface area (Å²) in [6, 6.07) is 16.7. The van der Waals surface area contributed by atoms with Crippen molar-refractivity contribution in [2.24, 2.45) is 0 Å². The van der Waals surface area contributed by atoms with Crippen LogP contribution < -0.4 is 5.32 Å². The van der Waals surface area contributed by atoms with Gasteiger partial charge in [0, 0.05) is 10.9 Å². The number of fused-ring (bicyclic) bond motifs is 1. The molecule has 0 bridgehead atoms. The molecule has 0 aromatic heterocycles. The molecule has 2 aromatic carbocycles. The monoisotopic (exact) mass is 299 g/mol. The Balaban J connectivity index is 1.92. The second-order valence-corrected chi connectivity index (χ2v) is 7.32. The number of hydrogen-bond acceptors (Lipinski definition) is 2. The molecule has 2 aromatic rings. The Labute approximate surface area is 129 Å². The third-order valence-electron chi connectivity index (χ3n) is 4.30. The standard InChI is InChI=1S/C18H21NOS/c1-13-7-10-15(11-8-13)21(20)17-12-9-14-5-3-4-6-16(14)18(17)19-2/h3-8,10-11,17-19H,9,12H2,1-2H3. The molecule has 3 atom stereocenters. The average molecular weight is 299 g/mol. The van der Waals surface area contributed by atoms with Crippen LogP contribution in [0, 0.1) is 6.92 Å². The zero-order valence-electron chi connectivity index (χ0n) is 12.5. The molecule has 1 aliphatic rings. The Morgan fingerprint density at radius 3 is 2.52 bits per heavy atom. The van der Waals surface area contributed by atoms with Crippen molar-refractivity contribution in [3.05, 3.63) is 65.2 Å². The maximum atomic E-state index is 13.0. The predicted molar refractivity (Wildman–Crippen MR) is 87.9 cm³/mol. The molecule has 0 amide bonds. The van der Waals surface area contributed by atoms with Gasteiger partial charge in [-0.15, -0.1) is 0 Å². The second kappa shape index (κ2) is 6.12. The van der Waals surface area contributed by atoms with Gasteiger partial charge in [-0.3, -0.25) is 4.21 Å². The maximum Gasteiger partial charge on any atom is 0.0592 e.